The van der Waals surface area contributed by atoms with Crippen LogP contribution in [0.2, 0.25) is 0 Å². The molecule has 0 bridgehead atoms. The fraction of sp³-hybridized carbons (Fsp3) is 0.263. The molecular weight excluding hydrogens is 302 g/mol. The van der Waals surface area contributed by atoms with Gasteiger partial charge in [0, 0.05) is 43.1 Å². The molecule has 24 heavy (non-hydrogen) atoms. The largest absolute Gasteiger partial charge is 0.469 e. The van der Waals surface area contributed by atoms with Gasteiger partial charge in [-0.2, -0.15) is 0 Å². The number of pyridine rings is 1. The number of fused-ring (bicyclic) bond motifs is 1. The molecule has 0 N–H and O–H groups in total. The van der Waals surface area contributed by atoms with Gasteiger partial charge in [0.05, 0.1) is 17.4 Å². The molecule has 0 aliphatic carbocycles. The minimum Gasteiger partial charge on any atom is -0.469 e. The smallest absolute Gasteiger partial charge is 0.257 e. The number of nitrogens with zero attached hydrogens (tertiary/aromatic N) is 3. The maximum atomic E-state index is 12.5. The molecule has 1 fully saturated rings. The van der Waals surface area contributed by atoms with E-state index in [1.54, 1.807) is 12.3 Å². The number of benzene rings is 1. The van der Waals surface area contributed by atoms with Gasteiger partial charge in [-0.15, -0.1) is 0 Å². The van der Waals surface area contributed by atoms with Gasteiger partial charge in [-0.3, -0.25) is 9.78 Å². The van der Waals surface area contributed by atoms with Gasteiger partial charge in [-0.05, 0) is 13.0 Å². The normalized spacial score (nSPS) is 15.0. The zero-order valence-corrected chi connectivity index (χ0v) is 13.6. The zero-order valence-electron chi connectivity index (χ0n) is 13.6. The molecule has 3 heterocycles. The summed E-state index contributed by atoms with van der Waals surface area (Å²) in [6.45, 7) is 4.86. The van der Waals surface area contributed by atoms with E-state index in [1.165, 1.54) is 5.39 Å². The second kappa shape index (κ2) is 6.00. The van der Waals surface area contributed by atoms with E-state index >= 15 is 0 Å². The summed E-state index contributed by atoms with van der Waals surface area (Å²) in [4.78, 5) is 21.1. The van der Waals surface area contributed by atoms with Gasteiger partial charge in [-0.25, -0.2) is 0 Å². The third kappa shape index (κ3) is 2.62. The molecule has 1 aliphatic heterocycles. The van der Waals surface area contributed by atoms with Crippen LogP contribution in [0.3, 0.4) is 0 Å². The summed E-state index contributed by atoms with van der Waals surface area (Å²) in [7, 11) is 0. The van der Waals surface area contributed by atoms with Crippen molar-refractivity contribution in [2.24, 2.45) is 0 Å². The van der Waals surface area contributed by atoms with Gasteiger partial charge in [-0.1, -0.05) is 24.3 Å². The quantitative estimate of drug-likeness (QED) is 0.728. The Kier molecular flexibility index (Phi) is 3.69. The summed E-state index contributed by atoms with van der Waals surface area (Å²) in [6.07, 6.45) is 5.35. The van der Waals surface area contributed by atoms with Crippen molar-refractivity contribution in [3.05, 3.63) is 60.3 Å². The summed E-state index contributed by atoms with van der Waals surface area (Å²) < 4.78 is 5.25. The van der Waals surface area contributed by atoms with E-state index in [4.69, 9.17) is 4.42 Å². The predicted octanol–water partition coefficient (Wildman–Crippen LogP) is 3.10. The molecule has 5 nitrogen and oxygen atoms in total. The second-order valence-corrected chi connectivity index (χ2v) is 6.11. The topological polar surface area (TPSA) is 49.6 Å². The predicted molar refractivity (Wildman–Crippen MR) is 93.3 cm³/mol. The van der Waals surface area contributed by atoms with Gasteiger partial charge in [0.2, 0.25) is 0 Å². The zero-order chi connectivity index (χ0) is 16.5. The molecule has 0 radical (unpaired) electrons. The van der Waals surface area contributed by atoms with Crippen LogP contribution in [-0.2, 0) is 0 Å². The number of aryl methyl sites for hydroxylation is 1. The highest BCUT2D eigenvalue weighted by molar-refractivity contribution is 5.95. The third-order valence-electron chi connectivity index (χ3n) is 4.53. The number of carbonyl (C=O) groups is 1. The average molecular weight is 321 g/mol. The number of hydrogen-bond acceptors (Lipinski definition) is 4. The van der Waals surface area contributed by atoms with Crippen LogP contribution >= 0.6 is 0 Å². The highest BCUT2D eigenvalue weighted by Crippen LogP contribution is 2.26. The summed E-state index contributed by atoms with van der Waals surface area (Å²) in [6, 6.07) is 10.1. The maximum Gasteiger partial charge on any atom is 0.257 e. The number of amides is 1. The van der Waals surface area contributed by atoms with Crippen molar-refractivity contribution in [3.63, 3.8) is 0 Å². The van der Waals surface area contributed by atoms with Crippen molar-refractivity contribution in [3.8, 4) is 0 Å². The molecule has 1 amide bonds. The number of anilines is 1. The molecular formula is C19H19N3O2. The first-order valence-electron chi connectivity index (χ1n) is 8.14. The second-order valence-electron chi connectivity index (χ2n) is 6.11. The Bertz CT molecular complexity index is 874. The minimum atomic E-state index is 0.0440. The van der Waals surface area contributed by atoms with Crippen LogP contribution in [0, 0.1) is 6.92 Å². The van der Waals surface area contributed by atoms with E-state index in [1.807, 2.05) is 36.4 Å². The lowest BCUT2D eigenvalue weighted by molar-refractivity contribution is 0.0746. The van der Waals surface area contributed by atoms with E-state index in [9.17, 15) is 4.79 Å². The first kappa shape index (κ1) is 14.8. The van der Waals surface area contributed by atoms with Crippen molar-refractivity contribution in [2.45, 2.75) is 6.92 Å². The number of rotatable bonds is 2. The van der Waals surface area contributed by atoms with E-state index in [0.29, 0.717) is 18.7 Å². The van der Waals surface area contributed by atoms with Crippen LogP contribution in [0.4, 0.5) is 5.69 Å². The van der Waals surface area contributed by atoms with Crippen LogP contribution in [0.25, 0.3) is 10.8 Å². The van der Waals surface area contributed by atoms with E-state index in [-0.39, 0.29) is 5.91 Å². The number of furan rings is 1. The van der Waals surface area contributed by atoms with Gasteiger partial charge >= 0.3 is 0 Å². The van der Waals surface area contributed by atoms with Gasteiger partial charge in [0.1, 0.15) is 12.0 Å². The van der Waals surface area contributed by atoms with Gasteiger partial charge in [0.25, 0.3) is 5.91 Å². The van der Waals surface area contributed by atoms with Crippen LogP contribution in [0.1, 0.15) is 16.1 Å². The molecule has 2 aromatic heterocycles. The fourth-order valence-electron chi connectivity index (χ4n) is 3.24. The summed E-state index contributed by atoms with van der Waals surface area (Å²) in [5.74, 6) is 0.807. The average Bonchev–Trinajstić information content (AvgIpc) is 3.07. The fourth-order valence-corrected chi connectivity index (χ4v) is 3.24. The van der Waals surface area contributed by atoms with E-state index in [2.05, 4.69) is 22.0 Å². The first-order valence-corrected chi connectivity index (χ1v) is 8.14. The molecule has 122 valence electrons. The molecule has 0 unspecified atom stereocenters. The summed E-state index contributed by atoms with van der Waals surface area (Å²) >= 11 is 0. The standard InChI is InChI=1S/C19H19N3O2/c1-14-10-16(13-24-14)19(23)22-8-6-21(7-9-22)18-12-20-11-15-4-2-3-5-17(15)18/h2-5,10-13H,6-9H2,1H3. The van der Waals surface area contributed by atoms with Crippen LogP contribution in [0.15, 0.2) is 53.4 Å². The third-order valence-corrected chi connectivity index (χ3v) is 4.53. The lowest BCUT2D eigenvalue weighted by Crippen LogP contribution is -2.48. The summed E-state index contributed by atoms with van der Waals surface area (Å²) in [5.41, 5.74) is 1.77. The maximum absolute atomic E-state index is 12.5. The summed E-state index contributed by atoms with van der Waals surface area (Å²) in [5, 5.41) is 2.35. The van der Waals surface area contributed by atoms with Crippen LogP contribution < -0.4 is 4.90 Å². The highest BCUT2D eigenvalue weighted by Gasteiger charge is 2.24. The number of hydrogen-bond donors (Lipinski definition) is 0. The molecule has 4 rings (SSSR count). The van der Waals surface area contributed by atoms with Gasteiger partial charge in [0.15, 0.2) is 0 Å². The molecule has 5 heteroatoms. The molecule has 3 aromatic rings. The Hall–Kier alpha value is -2.82. The molecule has 1 aromatic carbocycles. The molecule has 0 spiro atoms. The lowest BCUT2D eigenvalue weighted by atomic mass is 10.1. The SMILES string of the molecule is Cc1cc(C(=O)N2CCN(c3cncc4ccccc34)CC2)co1. The number of aromatic nitrogens is 1. The Balaban J connectivity index is 1.50. The Morgan fingerprint density at radius 2 is 1.92 bits per heavy atom. The Morgan fingerprint density at radius 3 is 2.67 bits per heavy atom. The number of carbonyl (C=O) groups excluding carboxylic acids is 1. The Labute approximate surface area is 140 Å². The van der Waals surface area contributed by atoms with Crippen molar-refractivity contribution in [1.29, 1.82) is 0 Å². The van der Waals surface area contributed by atoms with Gasteiger partial charge < -0.3 is 14.2 Å². The van der Waals surface area contributed by atoms with E-state index < -0.39 is 0 Å². The van der Waals surface area contributed by atoms with Crippen molar-refractivity contribution in [2.75, 3.05) is 31.1 Å². The van der Waals surface area contributed by atoms with Crippen molar-refractivity contribution < 1.29 is 9.21 Å². The van der Waals surface area contributed by atoms with E-state index in [0.717, 1.165) is 29.9 Å². The van der Waals surface area contributed by atoms with Crippen LogP contribution in [0.5, 0.6) is 0 Å². The lowest BCUT2D eigenvalue weighted by Gasteiger charge is -2.36. The monoisotopic (exact) mass is 321 g/mol. The first-order chi connectivity index (χ1) is 11.7. The number of piperazine rings is 1. The molecule has 0 atom stereocenters. The Morgan fingerprint density at radius 1 is 1.12 bits per heavy atom. The highest BCUT2D eigenvalue weighted by atomic mass is 16.3. The molecule has 0 saturated carbocycles. The van der Waals surface area contributed by atoms with Crippen LogP contribution in [-0.4, -0.2) is 42.0 Å². The van der Waals surface area contributed by atoms with Crippen molar-refractivity contribution in [1.82, 2.24) is 9.88 Å². The molecule has 1 saturated heterocycles. The molecule has 1 aliphatic rings. The van der Waals surface area contributed by atoms with Crippen molar-refractivity contribution >= 4 is 22.4 Å². The minimum absolute atomic E-state index is 0.0440.